The highest BCUT2D eigenvalue weighted by Gasteiger charge is 2.23. The second-order valence-electron chi connectivity index (χ2n) is 7.17. The summed E-state index contributed by atoms with van der Waals surface area (Å²) in [6, 6.07) is 11.2. The fourth-order valence-electron chi connectivity index (χ4n) is 3.61. The number of benzene rings is 2. The van der Waals surface area contributed by atoms with Gasteiger partial charge in [-0.25, -0.2) is 0 Å². The Hall–Kier alpha value is -3.31. The number of unbranched alkanes of at least 4 members (excludes halogenated alkanes) is 1. The van der Waals surface area contributed by atoms with Crippen LogP contribution in [0.4, 0.5) is 17.1 Å². The van der Waals surface area contributed by atoms with Crippen LogP contribution in [-0.4, -0.2) is 41.7 Å². The zero-order valence-corrected chi connectivity index (χ0v) is 17.3. The minimum atomic E-state index is -3.98. The smallest absolute Gasteiger partial charge is 0.283 e. The molecule has 1 aliphatic rings. The highest BCUT2D eigenvalue weighted by Crippen LogP contribution is 2.37. The lowest BCUT2D eigenvalue weighted by Crippen LogP contribution is -2.30. The van der Waals surface area contributed by atoms with Crippen molar-refractivity contribution >= 4 is 38.8 Å². The van der Waals surface area contributed by atoms with Gasteiger partial charge in [0.05, 0.1) is 27.2 Å². The Balaban J connectivity index is 1.87. The predicted octanol–water partition coefficient (Wildman–Crippen LogP) is 3.92. The van der Waals surface area contributed by atoms with Crippen LogP contribution >= 0.6 is 0 Å². The van der Waals surface area contributed by atoms with E-state index in [0.29, 0.717) is 37.9 Å². The summed E-state index contributed by atoms with van der Waals surface area (Å²) >= 11 is 0. The zero-order chi connectivity index (χ0) is 22.6. The molecular formula is C20H21N3O7S. The molecule has 2 aromatic rings. The summed E-state index contributed by atoms with van der Waals surface area (Å²) in [4.78, 5) is 23.2. The normalized spacial score (nSPS) is 15.0. The quantitative estimate of drug-likeness (QED) is 0.277. The summed E-state index contributed by atoms with van der Waals surface area (Å²) in [5.41, 5.74) is 2.33. The molecule has 1 N–H and O–H groups in total. The van der Waals surface area contributed by atoms with Crippen LogP contribution in [0.2, 0.25) is 0 Å². The molecule has 0 unspecified atom stereocenters. The standard InChI is InChI=1S/C20H21N3O7S/c24-22(25)17-8-7-16(20(14-17)23(26)27)13-15-9-11-21(10-3-4-12-31(28,29)30)19-6-2-1-5-18(15)19/h1-2,5-8,13-14H,3-4,9-12H2,(H,28,29,30)/b15-13-. The minimum absolute atomic E-state index is 0.280. The van der Waals surface area contributed by atoms with E-state index in [1.54, 1.807) is 6.08 Å². The van der Waals surface area contributed by atoms with E-state index in [1.807, 2.05) is 24.3 Å². The van der Waals surface area contributed by atoms with Crippen LogP contribution in [0.15, 0.2) is 42.5 Å². The highest BCUT2D eigenvalue weighted by molar-refractivity contribution is 7.85. The van der Waals surface area contributed by atoms with Gasteiger partial charge in [-0.1, -0.05) is 18.2 Å². The Bertz CT molecular complexity index is 1150. The van der Waals surface area contributed by atoms with Crippen LogP contribution in [0.1, 0.15) is 30.4 Å². The molecule has 0 radical (unpaired) electrons. The van der Waals surface area contributed by atoms with Gasteiger partial charge >= 0.3 is 0 Å². The first-order valence-electron chi connectivity index (χ1n) is 9.58. The maximum atomic E-state index is 11.4. The molecule has 0 saturated carbocycles. The van der Waals surface area contributed by atoms with E-state index in [4.69, 9.17) is 4.55 Å². The molecule has 3 rings (SSSR count). The first-order chi connectivity index (χ1) is 14.7. The molecule has 0 bridgehead atoms. The van der Waals surface area contributed by atoms with Gasteiger partial charge < -0.3 is 4.90 Å². The fraction of sp³-hybridized carbons (Fsp3) is 0.300. The summed E-state index contributed by atoms with van der Waals surface area (Å²) in [7, 11) is -3.98. The van der Waals surface area contributed by atoms with Crippen molar-refractivity contribution in [1.29, 1.82) is 0 Å². The number of anilines is 1. The third kappa shape index (κ3) is 5.64. The van der Waals surface area contributed by atoms with Crippen molar-refractivity contribution < 1.29 is 22.8 Å². The number of fused-ring (bicyclic) bond motifs is 1. The number of para-hydroxylation sites is 1. The molecule has 2 aromatic carbocycles. The second-order valence-corrected chi connectivity index (χ2v) is 8.75. The Morgan fingerprint density at radius 2 is 1.81 bits per heavy atom. The first-order valence-corrected chi connectivity index (χ1v) is 11.2. The maximum absolute atomic E-state index is 11.4. The summed E-state index contributed by atoms with van der Waals surface area (Å²) in [6.07, 6.45) is 3.22. The van der Waals surface area contributed by atoms with Gasteiger partial charge in [-0.3, -0.25) is 24.8 Å². The lowest BCUT2D eigenvalue weighted by atomic mass is 9.93. The summed E-state index contributed by atoms with van der Waals surface area (Å²) in [6.45, 7) is 1.24. The Labute approximate surface area is 178 Å². The average molecular weight is 447 g/mol. The number of hydrogen-bond acceptors (Lipinski definition) is 7. The molecule has 0 fully saturated rings. The minimum Gasteiger partial charge on any atom is -0.371 e. The summed E-state index contributed by atoms with van der Waals surface area (Å²) < 4.78 is 30.6. The van der Waals surface area contributed by atoms with Gasteiger partial charge in [0.25, 0.3) is 21.5 Å². The van der Waals surface area contributed by atoms with Gasteiger partial charge in [0.2, 0.25) is 0 Å². The zero-order valence-electron chi connectivity index (χ0n) is 16.5. The topological polar surface area (TPSA) is 144 Å². The molecule has 31 heavy (non-hydrogen) atoms. The van der Waals surface area contributed by atoms with Gasteiger partial charge in [0.1, 0.15) is 0 Å². The number of nitro groups is 2. The largest absolute Gasteiger partial charge is 0.371 e. The summed E-state index contributed by atoms with van der Waals surface area (Å²) in [5, 5.41) is 22.4. The van der Waals surface area contributed by atoms with Gasteiger partial charge in [-0.15, -0.1) is 0 Å². The highest BCUT2D eigenvalue weighted by atomic mass is 32.2. The molecule has 0 aromatic heterocycles. The van der Waals surface area contributed by atoms with Gasteiger partial charge in [-0.2, -0.15) is 8.42 Å². The van der Waals surface area contributed by atoms with E-state index in [0.717, 1.165) is 22.9 Å². The molecule has 1 aliphatic heterocycles. The van der Waals surface area contributed by atoms with Crippen molar-refractivity contribution in [3.8, 4) is 0 Å². The lowest BCUT2D eigenvalue weighted by Gasteiger charge is -2.33. The van der Waals surface area contributed by atoms with Crippen molar-refractivity contribution in [2.24, 2.45) is 0 Å². The maximum Gasteiger partial charge on any atom is 0.283 e. The van der Waals surface area contributed by atoms with E-state index in [2.05, 4.69) is 4.90 Å². The molecule has 10 nitrogen and oxygen atoms in total. The third-order valence-corrected chi connectivity index (χ3v) is 5.88. The van der Waals surface area contributed by atoms with Crippen molar-refractivity contribution in [2.75, 3.05) is 23.7 Å². The first kappa shape index (κ1) is 22.4. The Morgan fingerprint density at radius 3 is 2.48 bits per heavy atom. The van der Waals surface area contributed by atoms with Crippen LogP contribution in [-0.2, 0) is 10.1 Å². The van der Waals surface area contributed by atoms with Crippen molar-refractivity contribution in [3.63, 3.8) is 0 Å². The molecule has 0 saturated heterocycles. The Kier molecular flexibility index (Phi) is 6.66. The van der Waals surface area contributed by atoms with Crippen LogP contribution in [0.3, 0.4) is 0 Å². The van der Waals surface area contributed by atoms with E-state index in [1.165, 1.54) is 12.1 Å². The van der Waals surface area contributed by atoms with Gasteiger partial charge in [0.15, 0.2) is 0 Å². The molecule has 0 atom stereocenters. The summed E-state index contributed by atoms with van der Waals surface area (Å²) in [5.74, 6) is -0.280. The van der Waals surface area contributed by atoms with Crippen LogP contribution in [0.25, 0.3) is 11.6 Å². The number of non-ortho nitro benzene ring substituents is 1. The van der Waals surface area contributed by atoms with E-state index in [-0.39, 0.29) is 17.1 Å². The molecule has 1 heterocycles. The van der Waals surface area contributed by atoms with Crippen LogP contribution in [0, 0.1) is 20.2 Å². The predicted molar refractivity (Wildman–Crippen MR) is 117 cm³/mol. The van der Waals surface area contributed by atoms with E-state index in [9.17, 15) is 28.6 Å². The molecule has 11 heteroatoms. The third-order valence-electron chi connectivity index (χ3n) is 5.07. The molecule has 0 amide bonds. The fourth-order valence-corrected chi connectivity index (χ4v) is 4.18. The molecule has 164 valence electrons. The SMILES string of the molecule is O=[N+]([O-])c1ccc(/C=C2/CCN(CCCCS(=O)(=O)O)c3ccccc32)c([N+](=O)[O-])c1. The van der Waals surface area contributed by atoms with E-state index < -0.39 is 20.0 Å². The molecular weight excluding hydrogens is 426 g/mol. The number of nitrogens with zero attached hydrogens (tertiary/aromatic N) is 3. The number of nitro benzene ring substituents is 2. The van der Waals surface area contributed by atoms with Gasteiger partial charge in [-0.05, 0) is 43.0 Å². The Morgan fingerprint density at radius 1 is 1.06 bits per heavy atom. The number of rotatable bonds is 8. The van der Waals surface area contributed by atoms with Crippen LogP contribution < -0.4 is 4.90 Å². The van der Waals surface area contributed by atoms with Crippen LogP contribution in [0.5, 0.6) is 0 Å². The van der Waals surface area contributed by atoms with Crippen molar-refractivity contribution in [1.82, 2.24) is 0 Å². The monoisotopic (exact) mass is 447 g/mol. The average Bonchev–Trinajstić information content (AvgIpc) is 2.71. The molecule has 0 aliphatic carbocycles. The lowest BCUT2D eigenvalue weighted by molar-refractivity contribution is -0.394. The second kappa shape index (κ2) is 9.23. The molecule has 0 spiro atoms. The van der Waals surface area contributed by atoms with Gasteiger partial charge in [0, 0.05) is 30.4 Å². The van der Waals surface area contributed by atoms with Crippen molar-refractivity contribution in [2.45, 2.75) is 19.3 Å². The van der Waals surface area contributed by atoms with E-state index >= 15 is 0 Å². The van der Waals surface area contributed by atoms with Crippen molar-refractivity contribution in [3.05, 3.63) is 73.8 Å². The number of hydrogen-bond donors (Lipinski definition) is 1.